The highest BCUT2D eigenvalue weighted by Crippen LogP contribution is 2.27. The molecule has 2 heterocycles. The van der Waals surface area contributed by atoms with Crippen molar-refractivity contribution in [2.24, 2.45) is 0 Å². The van der Waals surface area contributed by atoms with Crippen LogP contribution in [0.2, 0.25) is 0 Å². The van der Waals surface area contributed by atoms with Crippen LogP contribution < -0.4 is 5.32 Å². The number of hydrogen-bond donors (Lipinski definition) is 2. The number of H-pyrrole nitrogens is 1. The molecule has 2 N–H and O–H groups in total. The average Bonchev–Trinajstić information content (AvgIpc) is 3.03. The number of nitrogens with zero attached hydrogens (tertiary/aromatic N) is 1. The van der Waals surface area contributed by atoms with E-state index in [0.29, 0.717) is 18.4 Å². The van der Waals surface area contributed by atoms with E-state index in [1.54, 1.807) is 0 Å². The zero-order chi connectivity index (χ0) is 17.5. The fraction of sp³-hybridized carbons (Fsp3) is 0.389. The maximum Gasteiger partial charge on any atom is 0.325 e. The maximum atomic E-state index is 12.8. The number of imide groups is 1. The summed E-state index contributed by atoms with van der Waals surface area (Å²) in [5.41, 5.74) is 1.27. The molecule has 126 valence electrons. The molecule has 3 rings (SSSR count). The number of aromatic nitrogens is 1. The van der Waals surface area contributed by atoms with E-state index in [2.05, 4.69) is 10.3 Å². The Bertz CT molecular complexity index is 833. The van der Waals surface area contributed by atoms with Gasteiger partial charge in [0.25, 0.3) is 5.91 Å². The number of hydrogen-bond acceptors (Lipinski definition) is 3. The lowest BCUT2D eigenvalue weighted by Crippen LogP contribution is -2.46. The first-order chi connectivity index (χ1) is 11.4. The molecular weight excluding hydrogens is 306 g/mol. The van der Waals surface area contributed by atoms with Gasteiger partial charge >= 0.3 is 6.03 Å². The number of benzene rings is 1. The summed E-state index contributed by atoms with van der Waals surface area (Å²) < 4.78 is 0. The van der Waals surface area contributed by atoms with Crippen molar-refractivity contribution in [1.82, 2.24) is 15.2 Å². The van der Waals surface area contributed by atoms with Crippen LogP contribution in [0.4, 0.5) is 4.79 Å². The fourth-order valence-corrected chi connectivity index (χ4v) is 3.41. The summed E-state index contributed by atoms with van der Waals surface area (Å²) in [6, 6.07) is 7.02. The van der Waals surface area contributed by atoms with Crippen LogP contribution in [0.1, 0.15) is 42.7 Å². The predicted octanol–water partition coefficient (Wildman–Crippen LogP) is 2.77. The van der Waals surface area contributed by atoms with Gasteiger partial charge in [0.05, 0.1) is 6.54 Å². The summed E-state index contributed by atoms with van der Waals surface area (Å²) in [5.74, 6) is -0.556. The van der Waals surface area contributed by atoms with Crippen LogP contribution in [-0.2, 0) is 4.79 Å². The third kappa shape index (κ3) is 2.29. The number of carbonyl (C=O) groups is 3. The van der Waals surface area contributed by atoms with Gasteiger partial charge in [-0.15, -0.1) is 0 Å². The van der Waals surface area contributed by atoms with Gasteiger partial charge in [-0.2, -0.15) is 0 Å². The van der Waals surface area contributed by atoms with Gasteiger partial charge in [0, 0.05) is 22.2 Å². The van der Waals surface area contributed by atoms with E-state index in [9.17, 15) is 14.4 Å². The second-order valence-electron chi connectivity index (χ2n) is 6.20. The lowest BCUT2D eigenvalue weighted by atomic mass is 9.93. The standard InChI is InChI=1S/C18H21N3O3/c1-4-18(5-2)16(23)21(17(24)20-18)10-14(22)15-11(3)19-13-9-7-6-8-12(13)15/h6-9,19H,4-5,10H2,1-3H3,(H,20,24). The van der Waals surface area contributed by atoms with Gasteiger partial charge in [-0.25, -0.2) is 4.79 Å². The van der Waals surface area contributed by atoms with Crippen LogP contribution in [0.5, 0.6) is 0 Å². The molecule has 1 aromatic heterocycles. The summed E-state index contributed by atoms with van der Waals surface area (Å²) in [5, 5.41) is 3.56. The van der Waals surface area contributed by atoms with Crippen molar-refractivity contribution in [3.05, 3.63) is 35.5 Å². The van der Waals surface area contributed by atoms with Gasteiger partial charge in [-0.05, 0) is 25.8 Å². The summed E-state index contributed by atoms with van der Waals surface area (Å²) in [6.45, 7) is 5.30. The third-order valence-corrected chi connectivity index (χ3v) is 4.93. The second-order valence-corrected chi connectivity index (χ2v) is 6.20. The number of amides is 3. The summed E-state index contributed by atoms with van der Waals surface area (Å²) >= 11 is 0. The number of aryl methyl sites for hydroxylation is 1. The van der Waals surface area contributed by atoms with E-state index < -0.39 is 11.6 Å². The van der Waals surface area contributed by atoms with Gasteiger partial charge in [-0.3, -0.25) is 14.5 Å². The van der Waals surface area contributed by atoms with Crippen molar-refractivity contribution in [1.29, 1.82) is 0 Å². The molecule has 6 heteroatoms. The minimum absolute atomic E-state index is 0.239. The molecular formula is C18H21N3O3. The predicted molar refractivity (Wildman–Crippen MR) is 90.9 cm³/mol. The smallest absolute Gasteiger partial charge is 0.325 e. The molecule has 0 radical (unpaired) electrons. The SMILES string of the molecule is CCC1(CC)NC(=O)N(CC(=O)c2c(C)[nH]c3ccccc23)C1=O. The molecule has 3 amide bonds. The summed E-state index contributed by atoms with van der Waals surface area (Å²) in [4.78, 5) is 41.8. The molecule has 24 heavy (non-hydrogen) atoms. The molecule has 1 fully saturated rings. The van der Waals surface area contributed by atoms with Crippen LogP contribution in [0, 0.1) is 6.92 Å². The molecule has 1 saturated heterocycles. The van der Waals surface area contributed by atoms with Crippen molar-refractivity contribution < 1.29 is 14.4 Å². The summed E-state index contributed by atoms with van der Waals surface area (Å²) in [6.07, 6.45) is 1.01. The molecule has 1 aliphatic heterocycles. The molecule has 0 saturated carbocycles. The van der Waals surface area contributed by atoms with Crippen LogP contribution in [0.25, 0.3) is 10.9 Å². The first-order valence-electron chi connectivity index (χ1n) is 8.18. The van der Waals surface area contributed by atoms with E-state index in [-0.39, 0.29) is 18.2 Å². The van der Waals surface area contributed by atoms with Crippen molar-refractivity contribution >= 4 is 28.6 Å². The zero-order valence-corrected chi connectivity index (χ0v) is 14.1. The van der Waals surface area contributed by atoms with E-state index >= 15 is 0 Å². The minimum atomic E-state index is -0.882. The van der Waals surface area contributed by atoms with E-state index in [1.807, 2.05) is 45.0 Å². The highest BCUT2D eigenvalue weighted by Gasteiger charge is 2.49. The fourth-order valence-electron chi connectivity index (χ4n) is 3.41. The Morgan fingerprint density at radius 2 is 1.83 bits per heavy atom. The molecule has 6 nitrogen and oxygen atoms in total. The number of urea groups is 1. The van der Waals surface area contributed by atoms with Gasteiger partial charge in [0.2, 0.25) is 0 Å². The summed E-state index contributed by atoms with van der Waals surface area (Å²) in [7, 11) is 0. The highest BCUT2D eigenvalue weighted by molar-refractivity contribution is 6.15. The van der Waals surface area contributed by atoms with Crippen LogP contribution >= 0.6 is 0 Å². The molecule has 0 atom stereocenters. The van der Waals surface area contributed by atoms with E-state index in [4.69, 9.17) is 0 Å². The second kappa shape index (κ2) is 5.78. The third-order valence-electron chi connectivity index (χ3n) is 4.93. The Kier molecular flexibility index (Phi) is 3.91. The Balaban J connectivity index is 1.91. The molecule has 1 aromatic carbocycles. The normalized spacial score (nSPS) is 16.7. The topological polar surface area (TPSA) is 82.3 Å². The molecule has 2 aromatic rings. The minimum Gasteiger partial charge on any atom is -0.358 e. The number of nitrogens with one attached hydrogen (secondary N) is 2. The monoisotopic (exact) mass is 327 g/mol. The Morgan fingerprint density at radius 1 is 1.17 bits per heavy atom. The first-order valence-corrected chi connectivity index (χ1v) is 8.18. The lowest BCUT2D eigenvalue weighted by molar-refractivity contribution is -0.131. The first kappa shape index (κ1) is 16.2. The van der Waals surface area contributed by atoms with Crippen LogP contribution in [0.15, 0.2) is 24.3 Å². The Labute approximate surface area is 140 Å². The van der Waals surface area contributed by atoms with Crippen molar-refractivity contribution in [2.75, 3.05) is 6.54 Å². The van der Waals surface area contributed by atoms with E-state index in [1.165, 1.54) is 0 Å². The van der Waals surface area contributed by atoms with Crippen molar-refractivity contribution in [3.63, 3.8) is 0 Å². The molecule has 1 aliphatic rings. The molecule has 0 unspecified atom stereocenters. The van der Waals surface area contributed by atoms with Gasteiger partial charge in [0.1, 0.15) is 5.54 Å². The number of carbonyl (C=O) groups excluding carboxylic acids is 3. The maximum absolute atomic E-state index is 12.8. The number of aromatic amines is 1. The Morgan fingerprint density at radius 3 is 2.46 bits per heavy atom. The number of fused-ring (bicyclic) bond motifs is 1. The number of rotatable bonds is 5. The largest absolute Gasteiger partial charge is 0.358 e. The number of para-hydroxylation sites is 1. The van der Waals surface area contributed by atoms with E-state index in [0.717, 1.165) is 21.5 Å². The molecule has 0 spiro atoms. The van der Waals surface area contributed by atoms with Gasteiger partial charge in [0.15, 0.2) is 5.78 Å². The van der Waals surface area contributed by atoms with Crippen LogP contribution in [-0.4, -0.2) is 39.7 Å². The number of ketones is 1. The van der Waals surface area contributed by atoms with Crippen molar-refractivity contribution in [2.45, 2.75) is 39.2 Å². The molecule has 0 bridgehead atoms. The van der Waals surface area contributed by atoms with Gasteiger partial charge < -0.3 is 10.3 Å². The quantitative estimate of drug-likeness (QED) is 0.654. The zero-order valence-electron chi connectivity index (χ0n) is 14.1. The van der Waals surface area contributed by atoms with Crippen LogP contribution in [0.3, 0.4) is 0 Å². The van der Waals surface area contributed by atoms with Gasteiger partial charge in [-0.1, -0.05) is 32.0 Å². The lowest BCUT2D eigenvalue weighted by Gasteiger charge is -2.22. The molecule has 0 aliphatic carbocycles. The average molecular weight is 327 g/mol. The number of Topliss-reactive ketones (excluding diaryl/α,β-unsaturated/α-hetero) is 1. The highest BCUT2D eigenvalue weighted by atomic mass is 16.2. The Hall–Kier alpha value is -2.63. The van der Waals surface area contributed by atoms with Crippen molar-refractivity contribution in [3.8, 4) is 0 Å².